The van der Waals surface area contributed by atoms with Crippen molar-refractivity contribution in [3.05, 3.63) is 12.2 Å². The lowest BCUT2D eigenvalue weighted by molar-refractivity contribution is -0.870. The molecule has 1 unspecified atom stereocenters. The van der Waals surface area contributed by atoms with Gasteiger partial charge in [-0.15, -0.1) is 0 Å². The lowest BCUT2D eigenvalue weighted by atomic mass is 10.0. The molecule has 0 saturated carbocycles. The van der Waals surface area contributed by atoms with E-state index in [9.17, 15) is 19.0 Å². The molecular formula is C39H79NO8P+. The molecule has 0 saturated heterocycles. The maximum Gasteiger partial charge on any atom is 0.472 e. The fourth-order valence-electron chi connectivity index (χ4n) is 5.00. The summed E-state index contributed by atoms with van der Waals surface area (Å²) in [6, 6.07) is 0. The Morgan fingerprint density at radius 2 is 1.10 bits per heavy atom. The van der Waals surface area contributed by atoms with Crippen LogP contribution in [0.25, 0.3) is 0 Å². The summed E-state index contributed by atoms with van der Waals surface area (Å²) in [4.78, 5) is 32.4. The average molecular weight is 721 g/mol. The van der Waals surface area contributed by atoms with Gasteiger partial charge in [0.05, 0.1) is 27.7 Å². The van der Waals surface area contributed by atoms with Gasteiger partial charge in [-0.3, -0.25) is 18.6 Å². The minimum atomic E-state index is -4.29. The quantitative estimate of drug-likeness (QED) is 0.0172. The summed E-state index contributed by atoms with van der Waals surface area (Å²) in [7, 11) is 1.48. The van der Waals surface area contributed by atoms with E-state index in [4.69, 9.17) is 18.5 Å². The summed E-state index contributed by atoms with van der Waals surface area (Å²) in [5.41, 5.74) is 0. The molecule has 0 aromatic carbocycles. The molecule has 49 heavy (non-hydrogen) atoms. The van der Waals surface area contributed by atoms with Crippen molar-refractivity contribution in [2.75, 3.05) is 47.5 Å². The van der Waals surface area contributed by atoms with Gasteiger partial charge in [-0.2, -0.15) is 0 Å². The number of allylic oxidation sites excluding steroid dienone is 2. The molecule has 0 aromatic heterocycles. The minimum absolute atomic E-state index is 0.0323. The molecule has 0 aliphatic carbocycles. The number of unbranched alkanes of at least 4 members (excludes halogenated alkanes) is 20. The summed E-state index contributed by atoms with van der Waals surface area (Å²) in [5.74, 6) is -0.390. The number of likely N-dealkylation sites (N-methyl/N-ethyl adjacent to an activating group) is 1. The zero-order valence-electron chi connectivity index (χ0n) is 32.8. The van der Waals surface area contributed by atoms with Gasteiger partial charge in [0.15, 0.2) is 6.10 Å². The van der Waals surface area contributed by atoms with Crippen molar-refractivity contribution >= 4 is 20.3 Å². The second kappa shape index (κ2) is 36.5. The van der Waals surface area contributed by atoms with E-state index in [0.29, 0.717) is 17.4 Å². The largest absolute Gasteiger partial charge is 0.472 e. The van der Waals surface area contributed by atoms with E-state index < -0.39 is 20.5 Å². The Balaban J connectivity index is 0. The number of quaternary nitrogens is 1. The van der Waals surface area contributed by atoms with Gasteiger partial charge in [-0.05, 0) is 25.7 Å². The number of phosphoric ester groups is 1. The van der Waals surface area contributed by atoms with E-state index in [-0.39, 0.29) is 25.7 Å². The maximum atomic E-state index is 12.0. The highest BCUT2D eigenvalue weighted by atomic mass is 31.2. The van der Waals surface area contributed by atoms with E-state index >= 15 is 0 Å². The Hall–Kier alpha value is -1.25. The zero-order valence-corrected chi connectivity index (χ0v) is 33.7. The van der Waals surface area contributed by atoms with Crippen molar-refractivity contribution in [2.45, 2.75) is 181 Å². The maximum absolute atomic E-state index is 12.0. The number of esters is 1. The molecule has 0 bridgehead atoms. The number of rotatable bonds is 35. The number of ether oxygens (including phenoxy) is 2. The van der Waals surface area contributed by atoms with Gasteiger partial charge in [-0.1, -0.05) is 155 Å². The predicted molar refractivity (Wildman–Crippen MR) is 203 cm³/mol. The van der Waals surface area contributed by atoms with E-state index in [1.165, 1.54) is 128 Å². The van der Waals surface area contributed by atoms with Gasteiger partial charge in [0, 0.05) is 6.42 Å². The zero-order chi connectivity index (χ0) is 36.9. The molecule has 0 aromatic rings. The summed E-state index contributed by atoms with van der Waals surface area (Å²) < 4.78 is 32.2. The Kier molecular flexibility index (Phi) is 37.2. The first-order chi connectivity index (χ1) is 23.5. The Labute approximate surface area is 302 Å². The number of carbonyl (C=O) groups is 2. The van der Waals surface area contributed by atoms with Gasteiger partial charge in [0.25, 0.3) is 6.47 Å². The molecule has 292 valence electrons. The van der Waals surface area contributed by atoms with Gasteiger partial charge >= 0.3 is 13.8 Å². The average Bonchev–Trinajstić information content (AvgIpc) is 3.05. The topological polar surface area (TPSA) is 108 Å². The number of hydrogen-bond acceptors (Lipinski definition) is 7. The summed E-state index contributed by atoms with van der Waals surface area (Å²) in [6.45, 7) is 6.85. The smallest absolute Gasteiger partial charge is 0.462 e. The van der Waals surface area contributed by atoms with Crippen molar-refractivity contribution in [1.82, 2.24) is 0 Å². The van der Waals surface area contributed by atoms with Crippen molar-refractivity contribution in [2.24, 2.45) is 0 Å². The molecule has 0 aliphatic rings. The van der Waals surface area contributed by atoms with Crippen LogP contribution in [0.1, 0.15) is 175 Å². The second-order valence-corrected chi connectivity index (χ2v) is 15.8. The molecular weight excluding hydrogens is 641 g/mol. The van der Waals surface area contributed by atoms with Crippen LogP contribution in [0.15, 0.2) is 12.2 Å². The molecule has 10 heteroatoms. The van der Waals surface area contributed by atoms with Crippen LogP contribution in [0, 0.1) is 0 Å². The van der Waals surface area contributed by atoms with Crippen LogP contribution in [0.2, 0.25) is 0 Å². The molecule has 9 nitrogen and oxygen atoms in total. The van der Waals surface area contributed by atoms with Gasteiger partial charge < -0.3 is 18.9 Å². The number of nitrogens with zero attached hydrogens (tertiary/aromatic N) is 1. The second-order valence-electron chi connectivity index (χ2n) is 14.3. The molecule has 0 fully saturated rings. The summed E-state index contributed by atoms with van der Waals surface area (Å²) >= 11 is 0. The molecule has 0 aliphatic heterocycles. The van der Waals surface area contributed by atoms with Crippen LogP contribution >= 0.6 is 7.82 Å². The van der Waals surface area contributed by atoms with E-state index in [1.807, 2.05) is 21.1 Å². The standard InChI is InChI=1S/C25H50NO8P.C14H28/c1-5-6-7-8-9-10-11-12-13-14-15-16-17-18-25(28)31-21-24(32-23-27)22-34-35(29,30)33-20-19-26(2,3)4;1-3-5-7-9-11-13-14-12-10-8-6-4-2/h23-24H,5-22H2,1-4H3;9,11H,3-8,10,12-14H2,1-2H3/p+1/b;11-9+/t24-;/m1./s1. The highest BCUT2D eigenvalue weighted by Crippen LogP contribution is 2.43. The van der Waals surface area contributed by atoms with Crippen LogP contribution in [0.3, 0.4) is 0 Å². The van der Waals surface area contributed by atoms with E-state index in [1.54, 1.807) is 0 Å². The Bertz CT molecular complexity index is 802. The highest BCUT2D eigenvalue weighted by molar-refractivity contribution is 7.47. The van der Waals surface area contributed by atoms with Crippen molar-refractivity contribution in [3.63, 3.8) is 0 Å². The minimum Gasteiger partial charge on any atom is -0.462 e. The predicted octanol–water partition coefficient (Wildman–Crippen LogP) is 10.9. The Morgan fingerprint density at radius 3 is 1.57 bits per heavy atom. The first kappa shape index (κ1) is 49.9. The molecule has 0 amide bonds. The first-order valence-electron chi connectivity index (χ1n) is 19.8. The number of carbonyl (C=O) groups excluding carboxylic acids is 2. The fraction of sp³-hybridized carbons (Fsp3) is 0.897. The molecule has 0 spiro atoms. The van der Waals surface area contributed by atoms with E-state index in [0.717, 1.165) is 19.3 Å². The lowest BCUT2D eigenvalue weighted by Crippen LogP contribution is -2.37. The summed E-state index contributed by atoms with van der Waals surface area (Å²) in [6.07, 6.45) is 33.7. The van der Waals surface area contributed by atoms with Crippen LogP contribution in [0.5, 0.6) is 0 Å². The Morgan fingerprint density at radius 1 is 0.653 bits per heavy atom. The monoisotopic (exact) mass is 721 g/mol. The van der Waals surface area contributed by atoms with Crippen molar-refractivity contribution in [3.8, 4) is 0 Å². The van der Waals surface area contributed by atoms with Crippen LogP contribution in [0.4, 0.5) is 0 Å². The number of hydrogen-bond donors (Lipinski definition) is 1. The fourth-order valence-corrected chi connectivity index (χ4v) is 5.74. The third kappa shape index (κ3) is 42.8. The normalized spacial score (nSPS) is 13.4. The van der Waals surface area contributed by atoms with Crippen LogP contribution < -0.4 is 0 Å². The van der Waals surface area contributed by atoms with Gasteiger partial charge in [0.1, 0.15) is 19.8 Å². The highest BCUT2D eigenvalue weighted by Gasteiger charge is 2.25. The SMILES string of the molecule is CCCC/C=C/CCCCCCCC.CCCCCCCCCCCCCCCC(=O)OC[C@H](COP(=O)(O)OCC[N+](C)(C)C)OC=O. The first-order valence-corrected chi connectivity index (χ1v) is 21.3. The van der Waals surface area contributed by atoms with Gasteiger partial charge in [-0.25, -0.2) is 4.57 Å². The molecule has 0 radical (unpaired) electrons. The van der Waals surface area contributed by atoms with Crippen LogP contribution in [-0.2, 0) is 32.7 Å². The molecule has 1 N–H and O–H groups in total. The van der Waals surface area contributed by atoms with Crippen molar-refractivity contribution < 1.29 is 42.1 Å². The van der Waals surface area contributed by atoms with E-state index in [2.05, 4.69) is 32.9 Å². The molecule has 0 rings (SSSR count). The lowest BCUT2D eigenvalue weighted by Gasteiger charge is -2.24. The third-order valence-electron chi connectivity index (χ3n) is 8.22. The van der Waals surface area contributed by atoms with Crippen molar-refractivity contribution in [1.29, 1.82) is 0 Å². The molecule has 0 heterocycles. The van der Waals surface area contributed by atoms with Crippen LogP contribution in [-0.4, -0.2) is 75.4 Å². The van der Waals surface area contributed by atoms with Gasteiger partial charge in [0.2, 0.25) is 0 Å². The summed E-state index contributed by atoms with van der Waals surface area (Å²) in [5, 5.41) is 0. The number of phosphoric acid groups is 1. The molecule has 2 atom stereocenters. The third-order valence-corrected chi connectivity index (χ3v) is 9.20.